The van der Waals surface area contributed by atoms with E-state index in [0.29, 0.717) is 5.56 Å². The van der Waals surface area contributed by atoms with Gasteiger partial charge in [-0.05, 0) is 24.5 Å². The number of rotatable bonds is 3. The summed E-state index contributed by atoms with van der Waals surface area (Å²) in [6, 6.07) is 3.13. The molecule has 0 aliphatic heterocycles. The Morgan fingerprint density at radius 2 is 2.12 bits per heavy atom. The third kappa shape index (κ3) is 2.32. The molecule has 0 bridgehead atoms. The highest BCUT2D eigenvalue weighted by molar-refractivity contribution is 5.95. The number of halogens is 1. The molecule has 0 spiro atoms. The summed E-state index contributed by atoms with van der Waals surface area (Å²) in [7, 11) is 0. The third-order valence-electron chi connectivity index (χ3n) is 2.31. The molecule has 0 fully saturated rings. The largest absolute Gasteiger partial charge is 0.462 e. The lowest BCUT2D eigenvalue weighted by Gasteiger charge is -2.12. The van der Waals surface area contributed by atoms with Gasteiger partial charge in [-0.15, -0.1) is 0 Å². The van der Waals surface area contributed by atoms with Crippen molar-refractivity contribution in [1.82, 2.24) is 0 Å². The van der Waals surface area contributed by atoms with Gasteiger partial charge in [0.1, 0.15) is 11.4 Å². The van der Waals surface area contributed by atoms with Gasteiger partial charge < -0.3 is 10.5 Å². The minimum Gasteiger partial charge on any atom is -0.462 e. The van der Waals surface area contributed by atoms with Crippen molar-refractivity contribution < 1.29 is 13.9 Å². The first-order valence-electron chi connectivity index (χ1n) is 5.24. The van der Waals surface area contributed by atoms with Crippen LogP contribution in [-0.4, -0.2) is 12.6 Å². The standard InChI is InChI=1S/C12H16FNO2/c1-4-16-12(15)10-9(14)6-5-8(7(2)3)11(10)13/h5-7H,4,14H2,1-3H3. The second-order valence-electron chi connectivity index (χ2n) is 3.81. The fourth-order valence-electron chi connectivity index (χ4n) is 1.46. The summed E-state index contributed by atoms with van der Waals surface area (Å²) in [5.41, 5.74) is 6.00. The zero-order valence-corrected chi connectivity index (χ0v) is 9.71. The van der Waals surface area contributed by atoms with Crippen LogP contribution in [0.3, 0.4) is 0 Å². The molecule has 0 atom stereocenters. The van der Waals surface area contributed by atoms with E-state index in [1.165, 1.54) is 6.07 Å². The fourth-order valence-corrected chi connectivity index (χ4v) is 1.46. The molecule has 4 heteroatoms. The predicted octanol–water partition coefficient (Wildman–Crippen LogP) is 2.71. The molecule has 0 aliphatic carbocycles. The van der Waals surface area contributed by atoms with Gasteiger partial charge in [-0.25, -0.2) is 9.18 Å². The van der Waals surface area contributed by atoms with E-state index in [9.17, 15) is 9.18 Å². The number of carbonyl (C=O) groups is 1. The number of benzene rings is 1. The second kappa shape index (κ2) is 4.96. The van der Waals surface area contributed by atoms with Gasteiger partial charge in [-0.1, -0.05) is 19.9 Å². The molecule has 0 unspecified atom stereocenters. The van der Waals surface area contributed by atoms with Gasteiger partial charge in [-0.3, -0.25) is 0 Å². The van der Waals surface area contributed by atoms with Crippen molar-refractivity contribution in [3.8, 4) is 0 Å². The summed E-state index contributed by atoms with van der Waals surface area (Å²) >= 11 is 0. The average molecular weight is 225 g/mol. The highest BCUT2D eigenvalue weighted by Gasteiger charge is 2.20. The van der Waals surface area contributed by atoms with Crippen LogP contribution < -0.4 is 5.73 Å². The first kappa shape index (κ1) is 12.5. The molecule has 2 N–H and O–H groups in total. The van der Waals surface area contributed by atoms with Crippen LogP contribution in [0.25, 0.3) is 0 Å². The monoisotopic (exact) mass is 225 g/mol. The molecule has 0 saturated heterocycles. The van der Waals surface area contributed by atoms with Crippen LogP contribution in [-0.2, 0) is 4.74 Å². The van der Waals surface area contributed by atoms with Gasteiger partial charge in [0.25, 0.3) is 0 Å². The molecule has 0 radical (unpaired) electrons. The van der Waals surface area contributed by atoms with E-state index in [0.717, 1.165) is 0 Å². The zero-order chi connectivity index (χ0) is 12.3. The van der Waals surface area contributed by atoms with Crippen LogP contribution in [0.2, 0.25) is 0 Å². The molecule has 1 rings (SSSR count). The van der Waals surface area contributed by atoms with Crippen LogP contribution in [0.4, 0.5) is 10.1 Å². The van der Waals surface area contributed by atoms with Gasteiger partial charge in [0.2, 0.25) is 0 Å². The third-order valence-corrected chi connectivity index (χ3v) is 2.31. The molecule has 0 amide bonds. The number of esters is 1. The molecule has 3 nitrogen and oxygen atoms in total. The maximum absolute atomic E-state index is 14.0. The summed E-state index contributed by atoms with van der Waals surface area (Å²) in [6.45, 7) is 5.56. The SMILES string of the molecule is CCOC(=O)c1c(N)ccc(C(C)C)c1F. The van der Waals surface area contributed by atoms with Gasteiger partial charge in [0.15, 0.2) is 0 Å². The quantitative estimate of drug-likeness (QED) is 0.635. The van der Waals surface area contributed by atoms with E-state index < -0.39 is 11.8 Å². The first-order valence-corrected chi connectivity index (χ1v) is 5.24. The predicted molar refractivity (Wildman–Crippen MR) is 60.9 cm³/mol. The van der Waals surface area contributed by atoms with Crippen LogP contribution in [0.5, 0.6) is 0 Å². The van der Waals surface area contributed by atoms with Crippen LogP contribution >= 0.6 is 0 Å². The van der Waals surface area contributed by atoms with Gasteiger partial charge in [-0.2, -0.15) is 0 Å². The molecule has 1 aromatic rings. The lowest BCUT2D eigenvalue weighted by Crippen LogP contribution is -2.12. The van der Waals surface area contributed by atoms with Crippen molar-refractivity contribution in [3.05, 3.63) is 29.1 Å². The fraction of sp³-hybridized carbons (Fsp3) is 0.417. The van der Waals surface area contributed by atoms with Crippen molar-refractivity contribution in [2.45, 2.75) is 26.7 Å². The Balaban J connectivity index is 3.26. The molecule has 0 saturated carbocycles. The zero-order valence-electron chi connectivity index (χ0n) is 9.71. The normalized spacial score (nSPS) is 10.6. The van der Waals surface area contributed by atoms with Gasteiger partial charge in [0, 0.05) is 5.69 Å². The smallest absolute Gasteiger partial charge is 0.343 e. The Labute approximate surface area is 94.4 Å². The van der Waals surface area contributed by atoms with Crippen molar-refractivity contribution in [2.24, 2.45) is 0 Å². The van der Waals surface area contributed by atoms with E-state index in [-0.39, 0.29) is 23.8 Å². The summed E-state index contributed by atoms with van der Waals surface area (Å²) in [5, 5.41) is 0. The molecule has 0 aromatic heterocycles. The van der Waals surface area contributed by atoms with Crippen molar-refractivity contribution in [1.29, 1.82) is 0 Å². The molecular weight excluding hydrogens is 209 g/mol. The molecule has 0 heterocycles. The van der Waals surface area contributed by atoms with Crippen molar-refractivity contribution >= 4 is 11.7 Å². The van der Waals surface area contributed by atoms with Crippen LogP contribution in [0.15, 0.2) is 12.1 Å². The Bertz CT molecular complexity index is 402. The van der Waals surface area contributed by atoms with Crippen molar-refractivity contribution in [2.75, 3.05) is 12.3 Å². The van der Waals surface area contributed by atoms with Gasteiger partial charge >= 0.3 is 5.97 Å². The summed E-state index contributed by atoms with van der Waals surface area (Å²) < 4.78 is 18.7. The maximum Gasteiger partial charge on any atom is 0.343 e. The lowest BCUT2D eigenvalue weighted by molar-refractivity contribution is 0.0522. The second-order valence-corrected chi connectivity index (χ2v) is 3.81. The number of nitrogens with two attached hydrogens (primary N) is 1. The maximum atomic E-state index is 14.0. The van der Waals surface area contributed by atoms with E-state index in [1.807, 2.05) is 13.8 Å². The number of nitrogen functional groups attached to an aromatic ring is 1. The summed E-state index contributed by atoms with van der Waals surface area (Å²) in [4.78, 5) is 11.5. The Morgan fingerprint density at radius 1 is 1.50 bits per heavy atom. The van der Waals surface area contributed by atoms with E-state index >= 15 is 0 Å². The number of hydrogen-bond donors (Lipinski definition) is 1. The van der Waals surface area contributed by atoms with Crippen LogP contribution in [0, 0.1) is 5.82 Å². The van der Waals surface area contributed by atoms with Crippen molar-refractivity contribution in [3.63, 3.8) is 0 Å². The van der Waals surface area contributed by atoms with E-state index in [2.05, 4.69) is 0 Å². The Morgan fingerprint density at radius 3 is 2.62 bits per heavy atom. The minimum absolute atomic E-state index is 0.00576. The van der Waals surface area contributed by atoms with Gasteiger partial charge in [0.05, 0.1) is 6.61 Å². The topological polar surface area (TPSA) is 52.3 Å². The number of ether oxygens (including phenoxy) is 1. The number of carbonyl (C=O) groups excluding carboxylic acids is 1. The molecular formula is C12H16FNO2. The molecule has 88 valence electrons. The average Bonchev–Trinajstić information content (AvgIpc) is 2.17. The lowest BCUT2D eigenvalue weighted by atomic mass is 9.98. The number of anilines is 1. The number of hydrogen-bond acceptors (Lipinski definition) is 3. The summed E-state index contributed by atoms with van der Waals surface area (Å²) in [6.07, 6.45) is 0. The molecule has 16 heavy (non-hydrogen) atoms. The first-order chi connectivity index (χ1) is 7.49. The van der Waals surface area contributed by atoms with E-state index in [1.54, 1.807) is 13.0 Å². The Kier molecular flexibility index (Phi) is 3.88. The molecule has 1 aromatic carbocycles. The minimum atomic E-state index is -0.708. The highest BCUT2D eigenvalue weighted by Crippen LogP contribution is 2.25. The highest BCUT2D eigenvalue weighted by atomic mass is 19.1. The Hall–Kier alpha value is -1.58. The van der Waals surface area contributed by atoms with E-state index in [4.69, 9.17) is 10.5 Å². The summed E-state index contributed by atoms with van der Waals surface area (Å²) in [5.74, 6) is -1.29. The molecule has 0 aliphatic rings. The van der Waals surface area contributed by atoms with Crippen LogP contribution in [0.1, 0.15) is 42.6 Å².